The molecule has 8 nitrogen and oxygen atoms in total. The van der Waals surface area contributed by atoms with Gasteiger partial charge >= 0.3 is 0 Å². The molecule has 0 aromatic heterocycles. The fraction of sp³-hybridized carbons (Fsp3) is 0.333. The highest BCUT2D eigenvalue weighted by atomic mass is 32.2. The normalized spacial score (nSPS) is 14.4. The number of sulfonamides is 1. The van der Waals surface area contributed by atoms with E-state index in [0.717, 1.165) is 47.7 Å². The van der Waals surface area contributed by atoms with Crippen LogP contribution in [-0.2, 0) is 26.2 Å². The predicted molar refractivity (Wildman–Crippen MR) is 151 cm³/mol. The van der Waals surface area contributed by atoms with Crippen molar-refractivity contribution in [1.82, 2.24) is 10.2 Å². The second-order valence-electron chi connectivity index (χ2n) is 9.84. The van der Waals surface area contributed by atoms with Crippen LogP contribution in [0.25, 0.3) is 0 Å². The maximum Gasteiger partial charge on any atom is 0.264 e. The van der Waals surface area contributed by atoms with E-state index in [4.69, 9.17) is 4.74 Å². The zero-order chi connectivity index (χ0) is 28.7. The number of carbonyl (C=O) groups excluding carboxylic acids is 2. The van der Waals surface area contributed by atoms with Crippen LogP contribution >= 0.6 is 0 Å². The molecule has 3 aromatic carbocycles. The van der Waals surface area contributed by atoms with Gasteiger partial charge in [0.15, 0.2) is 0 Å². The van der Waals surface area contributed by atoms with Gasteiger partial charge in [-0.2, -0.15) is 0 Å². The van der Waals surface area contributed by atoms with E-state index in [0.29, 0.717) is 5.75 Å². The highest BCUT2D eigenvalue weighted by Gasteiger charge is 2.33. The van der Waals surface area contributed by atoms with Gasteiger partial charge in [-0.25, -0.2) is 12.8 Å². The van der Waals surface area contributed by atoms with Gasteiger partial charge in [-0.15, -0.1) is 0 Å². The molecular weight excluding hydrogens is 533 g/mol. The molecule has 2 amide bonds. The number of hydrogen-bond donors (Lipinski definition) is 1. The number of nitrogens with zero attached hydrogens (tertiary/aromatic N) is 2. The van der Waals surface area contributed by atoms with Crippen LogP contribution in [0.1, 0.15) is 38.2 Å². The van der Waals surface area contributed by atoms with Crippen molar-refractivity contribution in [2.75, 3.05) is 18.0 Å². The minimum atomic E-state index is -4.20. The molecule has 1 aliphatic rings. The van der Waals surface area contributed by atoms with E-state index in [-0.39, 0.29) is 29.1 Å². The molecule has 1 atom stereocenters. The zero-order valence-electron chi connectivity index (χ0n) is 22.6. The number of rotatable bonds is 11. The third kappa shape index (κ3) is 6.98. The van der Waals surface area contributed by atoms with Crippen molar-refractivity contribution in [2.45, 2.75) is 56.1 Å². The first kappa shape index (κ1) is 29.1. The standard InChI is InChI=1S/C30H34FN3O5S/c1-22(30(36)32-25-8-6-7-9-25)33(20-23-12-18-27(39-2)19-13-23)29(35)21-34(26-16-14-24(31)15-17-26)40(37,38)28-10-4-3-5-11-28/h3-5,10-19,22,25H,6-9,20-21H2,1-2H3,(H,32,36)/t22-/m1/s1. The van der Waals surface area contributed by atoms with Crippen LogP contribution in [0.4, 0.5) is 10.1 Å². The first-order chi connectivity index (χ1) is 19.2. The molecule has 0 unspecified atom stereocenters. The van der Waals surface area contributed by atoms with Crippen LogP contribution in [-0.4, -0.2) is 50.9 Å². The van der Waals surface area contributed by atoms with Gasteiger partial charge in [0.05, 0.1) is 17.7 Å². The Morgan fingerprint density at radius 3 is 2.20 bits per heavy atom. The van der Waals surface area contributed by atoms with Crippen molar-refractivity contribution in [3.8, 4) is 5.75 Å². The van der Waals surface area contributed by atoms with Gasteiger partial charge < -0.3 is 15.0 Å². The van der Waals surface area contributed by atoms with E-state index in [1.807, 2.05) is 0 Å². The molecule has 0 heterocycles. The topological polar surface area (TPSA) is 96.0 Å². The highest BCUT2D eigenvalue weighted by Crippen LogP contribution is 2.25. The van der Waals surface area contributed by atoms with E-state index in [1.54, 1.807) is 56.5 Å². The molecule has 1 aliphatic carbocycles. The number of anilines is 1. The first-order valence-electron chi connectivity index (χ1n) is 13.2. The SMILES string of the molecule is COc1ccc(CN(C(=O)CN(c2ccc(F)cc2)S(=O)(=O)c2ccccc2)[C@H](C)C(=O)NC2CCCC2)cc1. The summed E-state index contributed by atoms with van der Waals surface area (Å²) >= 11 is 0. The summed E-state index contributed by atoms with van der Waals surface area (Å²) in [5, 5.41) is 3.04. The van der Waals surface area contributed by atoms with Crippen molar-refractivity contribution in [3.05, 3.63) is 90.2 Å². The van der Waals surface area contributed by atoms with Crippen molar-refractivity contribution in [2.24, 2.45) is 0 Å². The Bertz CT molecular complexity index is 1390. The van der Waals surface area contributed by atoms with Crippen LogP contribution in [0.5, 0.6) is 5.75 Å². The summed E-state index contributed by atoms with van der Waals surface area (Å²) in [5.74, 6) is -0.766. The quantitative estimate of drug-likeness (QED) is 0.368. The Labute approximate surface area is 234 Å². The number of methoxy groups -OCH3 is 1. The number of carbonyl (C=O) groups is 2. The molecule has 4 rings (SSSR count). The minimum absolute atomic E-state index is 0.0131. The Balaban J connectivity index is 1.66. The van der Waals surface area contributed by atoms with E-state index < -0.39 is 34.3 Å². The lowest BCUT2D eigenvalue weighted by Crippen LogP contribution is -2.52. The van der Waals surface area contributed by atoms with Gasteiger partial charge in [0, 0.05) is 12.6 Å². The lowest BCUT2D eigenvalue weighted by Gasteiger charge is -2.32. The van der Waals surface area contributed by atoms with E-state index in [9.17, 15) is 22.4 Å². The second-order valence-corrected chi connectivity index (χ2v) is 11.7. The van der Waals surface area contributed by atoms with Crippen LogP contribution in [0.15, 0.2) is 83.8 Å². The number of halogens is 1. The van der Waals surface area contributed by atoms with E-state index in [2.05, 4.69) is 5.32 Å². The third-order valence-electron chi connectivity index (χ3n) is 7.11. The zero-order valence-corrected chi connectivity index (χ0v) is 23.4. The minimum Gasteiger partial charge on any atom is -0.497 e. The van der Waals surface area contributed by atoms with Crippen molar-refractivity contribution >= 4 is 27.5 Å². The molecule has 1 saturated carbocycles. The molecule has 0 radical (unpaired) electrons. The number of ether oxygens (including phenoxy) is 1. The molecule has 0 saturated heterocycles. The molecule has 1 N–H and O–H groups in total. The van der Waals surface area contributed by atoms with Gasteiger partial charge in [0.25, 0.3) is 10.0 Å². The lowest BCUT2D eigenvalue weighted by atomic mass is 10.1. The molecular formula is C30H34FN3O5S. The summed E-state index contributed by atoms with van der Waals surface area (Å²) in [4.78, 5) is 28.5. The number of hydrogen-bond acceptors (Lipinski definition) is 5. The summed E-state index contributed by atoms with van der Waals surface area (Å²) < 4.78 is 47.3. The van der Waals surface area contributed by atoms with Gasteiger partial charge in [-0.05, 0) is 73.9 Å². The fourth-order valence-electron chi connectivity index (χ4n) is 4.76. The third-order valence-corrected chi connectivity index (χ3v) is 8.89. The monoisotopic (exact) mass is 567 g/mol. The largest absolute Gasteiger partial charge is 0.497 e. The van der Waals surface area contributed by atoms with E-state index in [1.165, 1.54) is 29.2 Å². The molecule has 0 spiro atoms. The number of nitrogens with one attached hydrogen (secondary N) is 1. The van der Waals surface area contributed by atoms with Crippen LogP contribution < -0.4 is 14.4 Å². The van der Waals surface area contributed by atoms with Crippen LogP contribution in [0.3, 0.4) is 0 Å². The van der Waals surface area contributed by atoms with Crippen LogP contribution in [0.2, 0.25) is 0 Å². The maximum atomic E-state index is 13.9. The molecule has 0 bridgehead atoms. The van der Waals surface area contributed by atoms with Crippen molar-refractivity contribution in [1.29, 1.82) is 0 Å². The van der Waals surface area contributed by atoms with Gasteiger partial charge in [0.1, 0.15) is 24.2 Å². The van der Waals surface area contributed by atoms with Crippen molar-refractivity contribution in [3.63, 3.8) is 0 Å². The lowest BCUT2D eigenvalue weighted by molar-refractivity contribution is -0.139. The van der Waals surface area contributed by atoms with Crippen LogP contribution in [0, 0.1) is 5.82 Å². The second kappa shape index (κ2) is 13.0. The summed E-state index contributed by atoms with van der Waals surface area (Å²) in [6.45, 7) is 1.13. The average Bonchev–Trinajstić information content (AvgIpc) is 3.48. The maximum absolute atomic E-state index is 13.9. The number of benzene rings is 3. The fourth-order valence-corrected chi connectivity index (χ4v) is 6.19. The molecule has 3 aromatic rings. The Morgan fingerprint density at radius 2 is 1.60 bits per heavy atom. The van der Waals surface area contributed by atoms with Crippen molar-refractivity contribution < 1.29 is 27.1 Å². The molecule has 0 aliphatic heterocycles. The van der Waals surface area contributed by atoms with E-state index >= 15 is 0 Å². The average molecular weight is 568 g/mol. The molecule has 212 valence electrons. The van der Waals surface area contributed by atoms with Gasteiger partial charge in [-0.1, -0.05) is 43.2 Å². The summed E-state index contributed by atoms with van der Waals surface area (Å²) in [6.07, 6.45) is 3.85. The number of amides is 2. The first-order valence-corrected chi connectivity index (χ1v) is 14.7. The highest BCUT2D eigenvalue weighted by molar-refractivity contribution is 7.92. The van der Waals surface area contributed by atoms with Gasteiger partial charge in [0.2, 0.25) is 11.8 Å². The Kier molecular flexibility index (Phi) is 9.42. The molecule has 1 fully saturated rings. The van der Waals surface area contributed by atoms with Gasteiger partial charge in [-0.3, -0.25) is 13.9 Å². The predicted octanol–water partition coefficient (Wildman–Crippen LogP) is 4.51. The Morgan fingerprint density at radius 1 is 0.975 bits per heavy atom. The summed E-state index contributed by atoms with van der Waals surface area (Å²) in [6, 6.07) is 18.9. The summed E-state index contributed by atoms with van der Waals surface area (Å²) in [7, 11) is -2.64. The molecule has 10 heteroatoms. The summed E-state index contributed by atoms with van der Waals surface area (Å²) in [5.41, 5.74) is 0.875. The smallest absolute Gasteiger partial charge is 0.264 e. The molecule has 40 heavy (non-hydrogen) atoms. The Hall–Kier alpha value is -3.92.